The third-order valence-corrected chi connectivity index (χ3v) is 6.05. The van der Waals surface area contributed by atoms with E-state index in [4.69, 9.17) is 0 Å². The molecule has 4 aromatic rings. The van der Waals surface area contributed by atoms with Crippen LogP contribution in [0.5, 0.6) is 5.75 Å². The summed E-state index contributed by atoms with van der Waals surface area (Å²) >= 11 is 1.29. The number of unbranched alkanes of at least 4 members (excludes halogenated alkanes) is 1. The van der Waals surface area contributed by atoms with Gasteiger partial charge < -0.3 is 10.1 Å². The highest BCUT2D eigenvalue weighted by atomic mass is 32.1. The first-order chi connectivity index (χ1) is 19.2. The Kier molecular flexibility index (Phi) is 9.51. The lowest BCUT2D eigenvalue weighted by atomic mass is 10.1. The number of hydrogen-bond donors (Lipinski definition) is 3. The average Bonchev–Trinajstić information content (AvgIpc) is 3.34. The highest BCUT2D eigenvalue weighted by Crippen LogP contribution is 2.23. The van der Waals surface area contributed by atoms with E-state index in [1.165, 1.54) is 23.5 Å². The van der Waals surface area contributed by atoms with Crippen molar-refractivity contribution in [3.63, 3.8) is 0 Å². The minimum absolute atomic E-state index is 0.157. The summed E-state index contributed by atoms with van der Waals surface area (Å²) in [5, 5.41) is 25.2. The van der Waals surface area contributed by atoms with Crippen LogP contribution in [0, 0.1) is 0 Å². The number of rotatable bonds is 11. The van der Waals surface area contributed by atoms with E-state index in [9.17, 15) is 22.8 Å². The first-order valence-electron chi connectivity index (χ1n) is 12.0. The fraction of sp³-hybridized carbons (Fsp3) is 0.240. The predicted octanol–water partition coefficient (Wildman–Crippen LogP) is 5.01. The summed E-state index contributed by atoms with van der Waals surface area (Å²) in [4.78, 5) is 28.3. The van der Waals surface area contributed by atoms with Crippen LogP contribution in [0.25, 0.3) is 0 Å². The molecule has 0 fully saturated rings. The molecule has 0 unspecified atom stereocenters. The van der Waals surface area contributed by atoms with E-state index in [2.05, 4.69) is 46.1 Å². The second-order valence-electron chi connectivity index (χ2n) is 8.33. The molecule has 15 heteroatoms. The van der Waals surface area contributed by atoms with E-state index >= 15 is 0 Å². The van der Waals surface area contributed by atoms with Crippen LogP contribution in [-0.2, 0) is 24.1 Å². The number of carbonyl (C=O) groups excluding carboxylic acids is 2. The molecule has 0 saturated heterocycles. The molecule has 0 saturated carbocycles. The monoisotopic (exact) mass is 572 g/mol. The molecule has 3 aromatic heterocycles. The maximum atomic E-state index is 12.4. The van der Waals surface area contributed by atoms with Crippen LogP contribution in [0.1, 0.15) is 29.1 Å². The Labute approximate surface area is 230 Å². The molecule has 3 N–H and O–H groups in total. The summed E-state index contributed by atoms with van der Waals surface area (Å²) in [5.41, 5.74) is 1.09. The van der Waals surface area contributed by atoms with Crippen molar-refractivity contribution >= 4 is 40.0 Å². The van der Waals surface area contributed by atoms with Crippen molar-refractivity contribution < 1.29 is 27.5 Å². The number of halogens is 3. The van der Waals surface area contributed by atoms with Gasteiger partial charge in [0, 0.05) is 12.6 Å². The molecule has 0 bridgehead atoms. The molecule has 1 aromatic carbocycles. The van der Waals surface area contributed by atoms with Crippen molar-refractivity contribution in [3.8, 4) is 5.75 Å². The van der Waals surface area contributed by atoms with Crippen molar-refractivity contribution in [2.75, 3.05) is 16.0 Å². The predicted molar refractivity (Wildman–Crippen MR) is 141 cm³/mol. The van der Waals surface area contributed by atoms with Gasteiger partial charge in [0.05, 0.1) is 12.1 Å². The van der Waals surface area contributed by atoms with Gasteiger partial charge in [-0.15, -0.1) is 28.5 Å². The maximum Gasteiger partial charge on any atom is 0.573 e. The van der Waals surface area contributed by atoms with Crippen molar-refractivity contribution in [1.29, 1.82) is 0 Å². The normalized spacial score (nSPS) is 11.1. The number of aromatic nitrogens is 5. The lowest BCUT2D eigenvalue weighted by molar-refractivity contribution is -0.274. The number of benzene rings is 1. The quantitative estimate of drug-likeness (QED) is 0.213. The zero-order chi connectivity index (χ0) is 28.4. The van der Waals surface area contributed by atoms with Gasteiger partial charge in [-0.05, 0) is 61.2 Å². The second kappa shape index (κ2) is 13.4. The standard InChI is InChI=1S/C25H23F3N8O3S/c26-25(27,28)39-18-8-5-6-16(14-18)15-21(37)30-20-12-11-17(33-34-20)7-1-2-10-22-35-36-24(40-22)32-23(38)31-19-9-3-4-13-29-19/h3-6,8-9,11-14H,1-2,7,10,15H2,(H,30,34,37)(H2,29,31,32,36,38). The molecule has 0 atom stereocenters. The van der Waals surface area contributed by atoms with Gasteiger partial charge in [-0.3, -0.25) is 15.4 Å². The molecule has 40 heavy (non-hydrogen) atoms. The largest absolute Gasteiger partial charge is 0.573 e. The van der Waals surface area contributed by atoms with E-state index in [-0.39, 0.29) is 12.2 Å². The van der Waals surface area contributed by atoms with Gasteiger partial charge in [0.1, 0.15) is 16.6 Å². The van der Waals surface area contributed by atoms with E-state index in [1.54, 1.807) is 36.5 Å². The van der Waals surface area contributed by atoms with Crippen LogP contribution < -0.4 is 20.7 Å². The number of aryl methyl sites for hydroxylation is 2. The Morgan fingerprint density at radius 1 is 0.850 bits per heavy atom. The lowest BCUT2D eigenvalue weighted by Crippen LogP contribution is -2.19. The molecule has 3 heterocycles. The van der Waals surface area contributed by atoms with Crippen LogP contribution in [0.4, 0.5) is 34.7 Å². The number of pyridine rings is 1. The fourth-order valence-electron chi connectivity index (χ4n) is 3.45. The summed E-state index contributed by atoms with van der Waals surface area (Å²) in [6.07, 6.45) is -0.440. The minimum atomic E-state index is -4.81. The summed E-state index contributed by atoms with van der Waals surface area (Å²) in [5.74, 6) is -0.190. The molecule has 0 aliphatic rings. The minimum Gasteiger partial charge on any atom is -0.406 e. The zero-order valence-electron chi connectivity index (χ0n) is 20.8. The number of alkyl halides is 3. The van der Waals surface area contributed by atoms with E-state index in [0.29, 0.717) is 29.4 Å². The SMILES string of the molecule is O=C(Cc1cccc(OC(F)(F)F)c1)Nc1ccc(CCCCc2nnc(NC(=O)Nc3ccccn3)s2)nn1. The number of ether oxygens (including phenoxy) is 1. The van der Waals surface area contributed by atoms with Crippen LogP contribution in [0.2, 0.25) is 0 Å². The number of nitrogens with zero attached hydrogens (tertiary/aromatic N) is 5. The molecule has 11 nitrogen and oxygen atoms in total. The van der Waals surface area contributed by atoms with E-state index < -0.39 is 24.1 Å². The number of hydrogen-bond acceptors (Lipinski definition) is 9. The van der Waals surface area contributed by atoms with Gasteiger partial charge in [0.15, 0.2) is 5.82 Å². The highest BCUT2D eigenvalue weighted by Gasteiger charge is 2.31. The molecule has 4 rings (SSSR count). The van der Waals surface area contributed by atoms with Crippen molar-refractivity contribution in [1.82, 2.24) is 25.4 Å². The number of amides is 3. The maximum absolute atomic E-state index is 12.4. The molecule has 3 amide bonds. The first kappa shape index (κ1) is 28.4. The molecule has 0 radical (unpaired) electrons. The zero-order valence-corrected chi connectivity index (χ0v) is 21.6. The van der Waals surface area contributed by atoms with Gasteiger partial charge >= 0.3 is 12.4 Å². The fourth-order valence-corrected chi connectivity index (χ4v) is 4.23. The number of nitrogens with one attached hydrogen (secondary N) is 3. The van der Waals surface area contributed by atoms with E-state index in [1.807, 2.05) is 0 Å². The Bertz CT molecular complexity index is 1420. The van der Waals surface area contributed by atoms with Crippen molar-refractivity contribution in [2.24, 2.45) is 0 Å². The van der Waals surface area contributed by atoms with Crippen LogP contribution in [0.15, 0.2) is 60.8 Å². The van der Waals surface area contributed by atoms with Gasteiger partial charge in [-0.1, -0.05) is 29.5 Å². The third kappa shape index (κ3) is 9.58. The number of urea groups is 1. The third-order valence-electron chi connectivity index (χ3n) is 5.15. The molecule has 208 valence electrons. The number of carbonyl (C=O) groups is 2. The lowest BCUT2D eigenvalue weighted by Gasteiger charge is -2.10. The Morgan fingerprint density at radius 2 is 1.70 bits per heavy atom. The Morgan fingerprint density at radius 3 is 2.45 bits per heavy atom. The van der Waals surface area contributed by atoms with E-state index in [0.717, 1.165) is 35.7 Å². The smallest absolute Gasteiger partial charge is 0.406 e. The van der Waals surface area contributed by atoms with Gasteiger partial charge in [-0.25, -0.2) is 9.78 Å². The topological polar surface area (TPSA) is 144 Å². The van der Waals surface area contributed by atoms with Gasteiger partial charge in [0.2, 0.25) is 11.0 Å². The van der Waals surface area contributed by atoms with Crippen molar-refractivity contribution in [2.45, 2.75) is 38.5 Å². The molecular weight excluding hydrogens is 549 g/mol. The van der Waals surface area contributed by atoms with Crippen molar-refractivity contribution in [3.05, 3.63) is 77.1 Å². The summed E-state index contributed by atoms with van der Waals surface area (Å²) in [6, 6.07) is 13.3. The first-order valence-corrected chi connectivity index (χ1v) is 12.8. The highest BCUT2D eigenvalue weighted by molar-refractivity contribution is 7.15. The second-order valence-corrected chi connectivity index (χ2v) is 9.39. The van der Waals surface area contributed by atoms with Crippen LogP contribution in [-0.4, -0.2) is 43.7 Å². The van der Waals surface area contributed by atoms with Crippen LogP contribution in [0.3, 0.4) is 0 Å². The van der Waals surface area contributed by atoms with Crippen LogP contribution >= 0.6 is 11.3 Å². The van der Waals surface area contributed by atoms with Gasteiger partial charge in [0.25, 0.3) is 0 Å². The summed E-state index contributed by atoms with van der Waals surface area (Å²) in [6.45, 7) is 0. The Balaban J connectivity index is 1.15. The average molecular weight is 573 g/mol. The molecule has 0 spiro atoms. The molecule has 0 aliphatic heterocycles. The summed E-state index contributed by atoms with van der Waals surface area (Å²) < 4.78 is 41.0. The molecular formula is C25H23F3N8O3S. The summed E-state index contributed by atoms with van der Waals surface area (Å²) in [7, 11) is 0. The Hall–Kier alpha value is -4.66. The van der Waals surface area contributed by atoms with Gasteiger partial charge in [-0.2, -0.15) is 5.10 Å². The molecule has 0 aliphatic carbocycles. The number of anilines is 3.